The number of hydrogen-bond acceptors (Lipinski definition) is 6. The predicted octanol–water partition coefficient (Wildman–Crippen LogP) is 1.75. The Labute approximate surface area is 150 Å². The molecule has 0 aliphatic carbocycles. The quantitative estimate of drug-likeness (QED) is 0.709. The first kappa shape index (κ1) is 18.5. The van der Waals surface area contributed by atoms with Crippen LogP contribution < -0.4 is 14.9 Å². The predicted molar refractivity (Wildman–Crippen MR) is 93.5 cm³/mol. The zero-order valence-corrected chi connectivity index (χ0v) is 14.8. The first-order valence-electron chi connectivity index (χ1n) is 8.22. The molecule has 10 heteroatoms. The molecule has 1 aromatic carbocycles. The van der Waals surface area contributed by atoms with Crippen LogP contribution in [-0.4, -0.2) is 44.8 Å². The van der Waals surface area contributed by atoms with Crippen LogP contribution in [0.1, 0.15) is 12.8 Å². The number of hydrogen-bond donors (Lipinski definition) is 2. The second kappa shape index (κ2) is 7.92. The lowest BCUT2D eigenvalue weighted by molar-refractivity contribution is 0.543. The number of benzene rings is 1. The number of halogens is 2. The summed E-state index contributed by atoms with van der Waals surface area (Å²) in [5.74, 6) is -1.43. The smallest absolute Gasteiger partial charge is 0.243 e. The van der Waals surface area contributed by atoms with Crippen molar-refractivity contribution in [2.45, 2.75) is 17.7 Å². The van der Waals surface area contributed by atoms with E-state index < -0.39 is 26.6 Å². The molecule has 0 radical (unpaired) electrons. The molecule has 2 aromatic rings. The highest BCUT2D eigenvalue weighted by molar-refractivity contribution is 7.89. The zero-order valence-electron chi connectivity index (χ0n) is 14.0. The highest BCUT2D eigenvalue weighted by Crippen LogP contribution is 2.20. The molecule has 0 bridgehead atoms. The van der Waals surface area contributed by atoms with Gasteiger partial charge in [-0.1, -0.05) is 0 Å². The summed E-state index contributed by atoms with van der Waals surface area (Å²) in [6, 6.07) is 4.18. The van der Waals surface area contributed by atoms with Crippen LogP contribution in [-0.2, 0) is 10.0 Å². The van der Waals surface area contributed by atoms with E-state index in [0.29, 0.717) is 11.9 Å². The summed E-state index contributed by atoms with van der Waals surface area (Å²) in [7, 11) is -4.06. The first-order valence-corrected chi connectivity index (χ1v) is 9.70. The van der Waals surface area contributed by atoms with Gasteiger partial charge in [0.25, 0.3) is 0 Å². The third-order valence-corrected chi connectivity index (χ3v) is 5.51. The average Bonchev–Trinajstić information content (AvgIpc) is 3.13. The maximum absolute atomic E-state index is 13.6. The average molecular weight is 383 g/mol. The summed E-state index contributed by atoms with van der Waals surface area (Å²) in [4.78, 5) is 1.62. The number of anilines is 2. The molecule has 1 saturated heterocycles. The minimum atomic E-state index is -4.06. The standard InChI is InChI=1S/C16H19F2N5O2S/c17-12-3-4-15(14(18)9-12)26(24,25)21-6-5-19-16-10-13(11-20-22-16)23-7-1-2-8-23/h3-4,9-11,21H,1-2,5-8H2,(H,19,22). The molecule has 140 valence electrons. The van der Waals surface area contributed by atoms with Crippen molar-refractivity contribution in [2.75, 3.05) is 36.4 Å². The van der Waals surface area contributed by atoms with Crippen molar-refractivity contribution in [3.8, 4) is 0 Å². The van der Waals surface area contributed by atoms with E-state index in [1.54, 1.807) is 6.20 Å². The van der Waals surface area contributed by atoms with Gasteiger partial charge in [-0.05, 0) is 25.0 Å². The Morgan fingerprint density at radius 1 is 1.12 bits per heavy atom. The van der Waals surface area contributed by atoms with Crippen LogP contribution in [0.4, 0.5) is 20.3 Å². The molecular formula is C16H19F2N5O2S. The van der Waals surface area contributed by atoms with Gasteiger partial charge in [0.1, 0.15) is 16.5 Å². The lowest BCUT2D eigenvalue weighted by atomic mass is 10.3. The Hall–Kier alpha value is -2.33. The summed E-state index contributed by atoms with van der Waals surface area (Å²) in [5.41, 5.74) is 0.967. The van der Waals surface area contributed by atoms with Crippen LogP contribution in [0.3, 0.4) is 0 Å². The maximum atomic E-state index is 13.6. The summed E-state index contributed by atoms with van der Waals surface area (Å²) in [6.07, 6.45) is 3.98. The fraction of sp³-hybridized carbons (Fsp3) is 0.375. The van der Waals surface area contributed by atoms with E-state index in [1.807, 2.05) is 6.07 Å². The van der Waals surface area contributed by atoms with Gasteiger partial charge in [-0.3, -0.25) is 0 Å². The van der Waals surface area contributed by atoms with E-state index >= 15 is 0 Å². The Morgan fingerprint density at radius 2 is 1.88 bits per heavy atom. The molecule has 0 atom stereocenters. The van der Waals surface area contributed by atoms with Crippen LogP contribution in [0.25, 0.3) is 0 Å². The topological polar surface area (TPSA) is 87.2 Å². The van der Waals surface area contributed by atoms with Crippen LogP contribution >= 0.6 is 0 Å². The highest BCUT2D eigenvalue weighted by atomic mass is 32.2. The number of nitrogens with one attached hydrogen (secondary N) is 2. The summed E-state index contributed by atoms with van der Waals surface area (Å²) in [6.45, 7) is 2.21. The lowest BCUT2D eigenvalue weighted by Gasteiger charge is -2.17. The summed E-state index contributed by atoms with van der Waals surface area (Å²) < 4.78 is 52.9. The van der Waals surface area contributed by atoms with Gasteiger partial charge >= 0.3 is 0 Å². The molecule has 0 spiro atoms. The van der Waals surface area contributed by atoms with Crippen molar-refractivity contribution < 1.29 is 17.2 Å². The molecule has 1 aliphatic rings. The second-order valence-corrected chi connectivity index (χ2v) is 7.63. The molecular weight excluding hydrogens is 364 g/mol. The minimum absolute atomic E-state index is 0.00870. The van der Waals surface area contributed by atoms with Crippen molar-refractivity contribution in [1.29, 1.82) is 0 Å². The molecule has 1 aliphatic heterocycles. The minimum Gasteiger partial charge on any atom is -0.370 e. The van der Waals surface area contributed by atoms with E-state index in [-0.39, 0.29) is 13.1 Å². The van der Waals surface area contributed by atoms with Gasteiger partial charge in [-0.15, -0.1) is 5.10 Å². The monoisotopic (exact) mass is 383 g/mol. The van der Waals surface area contributed by atoms with Gasteiger partial charge < -0.3 is 10.2 Å². The molecule has 1 aromatic heterocycles. The van der Waals surface area contributed by atoms with E-state index in [0.717, 1.165) is 43.8 Å². The van der Waals surface area contributed by atoms with Gasteiger partial charge in [0, 0.05) is 38.3 Å². The molecule has 0 amide bonds. The van der Waals surface area contributed by atoms with Crippen LogP contribution in [0.15, 0.2) is 35.4 Å². The van der Waals surface area contributed by atoms with Crippen molar-refractivity contribution in [2.24, 2.45) is 0 Å². The van der Waals surface area contributed by atoms with E-state index in [9.17, 15) is 17.2 Å². The molecule has 26 heavy (non-hydrogen) atoms. The molecule has 1 fully saturated rings. The van der Waals surface area contributed by atoms with E-state index in [1.165, 1.54) is 0 Å². The van der Waals surface area contributed by atoms with Crippen molar-refractivity contribution in [3.63, 3.8) is 0 Å². The first-order chi connectivity index (χ1) is 12.5. The van der Waals surface area contributed by atoms with Crippen LogP contribution in [0.5, 0.6) is 0 Å². The third-order valence-electron chi connectivity index (χ3n) is 4.02. The number of aromatic nitrogens is 2. The summed E-state index contributed by atoms with van der Waals surface area (Å²) >= 11 is 0. The molecule has 2 N–H and O–H groups in total. The SMILES string of the molecule is O=S(=O)(NCCNc1cc(N2CCCC2)cnn1)c1ccc(F)cc1F. The maximum Gasteiger partial charge on any atom is 0.243 e. The van der Waals surface area contributed by atoms with Crippen molar-refractivity contribution in [1.82, 2.24) is 14.9 Å². The van der Waals surface area contributed by atoms with Gasteiger partial charge in [0.2, 0.25) is 10.0 Å². The van der Waals surface area contributed by atoms with Gasteiger partial charge in [-0.2, -0.15) is 5.10 Å². The molecule has 7 nitrogen and oxygen atoms in total. The van der Waals surface area contributed by atoms with Gasteiger partial charge in [0.05, 0.1) is 11.9 Å². The Bertz CT molecular complexity index is 873. The normalized spacial score (nSPS) is 14.6. The fourth-order valence-electron chi connectivity index (χ4n) is 2.74. The molecule has 3 rings (SSSR count). The zero-order chi connectivity index (χ0) is 18.6. The van der Waals surface area contributed by atoms with E-state index in [2.05, 4.69) is 25.1 Å². The van der Waals surface area contributed by atoms with Crippen LogP contribution in [0.2, 0.25) is 0 Å². The van der Waals surface area contributed by atoms with E-state index in [4.69, 9.17) is 0 Å². The Morgan fingerprint density at radius 3 is 2.62 bits per heavy atom. The summed E-state index contributed by atoms with van der Waals surface area (Å²) in [5, 5.41) is 10.9. The molecule has 0 unspecified atom stereocenters. The number of rotatable bonds is 7. The number of sulfonamides is 1. The van der Waals surface area contributed by atoms with Gasteiger partial charge in [0.15, 0.2) is 5.82 Å². The van der Waals surface area contributed by atoms with Crippen molar-refractivity contribution in [3.05, 3.63) is 42.1 Å². The fourth-order valence-corrected chi connectivity index (χ4v) is 3.83. The number of nitrogens with zero attached hydrogens (tertiary/aromatic N) is 3. The molecule has 2 heterocycles. The second-order valence-electron chi connectivity index (χ2n) is 5.89. The largest absolute Gasteiger partial charge is 0.370 e. The lowest BCUT2D eigenvalue weighted by Crippen LogP contribution is -2.29. The van der Waals surface area contributed by atoms with Crippen molar-refractivity contribution >= 4 is 21.5 Å². The third kappa shape index (κ3) is 4.44. The highest BCUT2D eigenvalue weighted by Gasteiger charge is 2.19. The Kier molecular flexibility index (Phi) is 5.62. The molecule has 0 saturated carbocycles. The van der Waals surface area contributed by atoms with Gasteiger partial charge in [-0.25, -0.2) is 21.9 Å². The van der Waals surface area contributed by atoms with Crippen LogP contribution in [0, 0.1) is 11.6 Å². The Balaban J connectivity index is 1.54.